The molecule has 21 heavy (non-hydrogen) atoms. The topological polar surface area (TPSA) is 64.4 Å². The number of aryl methyl sites for hydroxylation is 1. The van der Waals surface area contributed by atoms with E-state index >= 15 is 0 Å². The molecule has 0 amide bonds. The molecule has 4 rings (SSSR count). The SMILES string of the molecule is Cn1cc(-c2cc(N3CC[C@H](N)C3)c3ccnn3c2)cn1. The van der Waals surface area contributed by atoms with Crippen molar-refractivity contribution in [3.8, 4) is 11.1 Å². The molecule has 1 aliphatic rings. The average Bonchev–Trinajstić information content (AvgIpc) is 3.17. The number of hydrogen-bond acceptors (Lipinski definition) is 4. The molecule has 0 radical (unpaired) electrons. The highest BCUT2D eigenvalue weighted by Crippen LogP contribution is 2.30. The van der Waals surface area contributed by atoms with Crippen molar-refractivity contribution in [2.24, 2.45) is 12.8 Å². The number of anilines is 1. The Balaban J connectivity index is 1.86. The van der Waals surface area contributed by atoms with Crippen LogP contribution in [0.1, 0.15) is 6.42 Å². The molecule has 3 aromatic rings. The summed E-state index contributed by atoms with van der Waals surface area (Å²) in [5.41, 5.74) is 10.6. The van der Waals surface area contributed by atoms with Crippen LogP contribution in [0.15, 0.2) is 36.9 Å². The Morgan fingerprint density at radius 3 is 2.86 bits per heavy atom. The third kappa shape index (κ3) is 2.08. The molecule has 0 spiro atoms. The van der Waals surface area contributed by atoms with E-state index < -0.39 is 0 Å². The van der Waals surface area contributed by atoms with Crippen LogP contribution in [0, 0.1) is 0 Å². The number of nitrogens with zero attached hydrogens (tertiary/aromatic N) is 5. The Labute approximate surface area is 122 Å². The second-order valence-electron chi connectivity index (χ2n) is 5.67. The van der Waals surface area contributed by atoms with Gasteiger partial charge in [0.05, 0.1) is 23.6 Å². The Morgan fingerprint density at radius 1 is 1.24 bits per heavy atom. The summed E-state index contributed by atoms with van der Waals surface area (Å²) in [6.45, 7) is 1.90. The summed E-state index contributed by atoms with van der Waals surface area (Å²) >= 11 is 0. The van der Waals surface area contributed by atoms with Gasteiger partial charge in [0.25, 0.3) is 0 Å². The summed E-state index contributed by atoms with van der Waals surface area (Å²) in [5, 5.41) is 8.65. The van der Waals surface area contributed by atoms with E-state index in [1.807, 2.05) is 47.1 Å². The van der Waals surface area contributed by atoms with Crippen molar-refractivity contribution in [1.29, 1.82) is 0 Å². The first-order chi connectivity index (χ1) is 10.2. The molecule has 1 aliphatic heterocycles. The highest BCUT2D eigenvalue weighted by molar-refractivity contribution is 5.79. The molecule has 6 heteroatoms. The van der Waals surface area contributed by atoms with Gasteiger partial charge >= 0.3 is 0 Å². The van der Waals surface area contributed by atoms with E-state index in [9.17, 15) is 0 Å². The van der Waals surface area contributed by atoms with Gasteiger partial charge in [0, 0.05) is 49.7 Å². The summed E-state index contributed by atoms with van der Waals surface area (Å²) in [6.07, 6.45) is 8.82. The van der Waals surface area contributed by atoms with Crippen molar-refractivity contribution < 1.29 is 0 Å². The molecule has 0 bridgehead atoms. The molecule has 3 aromatic heterocycles. The van der Waals surface area contributed by atoms with Crippen molar-refractivity contribution in [2.45, 2.75) is 12.5 Å². The van der Waals surface area contributed by atoms with Crippen LogP contribution in [0.2, 0.25) is 0 Å². The van der Waals surface area contributed by atoms with Crippen molar-refractivity contribution >= 4 is 11.2 Å². The second-order valence-corrected chi connectivity index (χ2v) is 5.67. The lowest BCUT2D eigenvalue weighted by atomic mass is 10.1. The minimum absolute atomic E-state index is 0.259. The number of nitrogens with two attached hydrogens (primary N) is 1. The molecule has 0 aromatic carbocycles. The lowest BCUT2D eigenvalue weighted by molar-refractivity contribution is 0.752. The van der Waals surface area contributed by atoms with Crippen molar-refractivity contribution in [1.82, 2.24) is 19.4 Å². The molecule has 1 fully saturated rings. The summed E-state index contributed by atoms with van der Waals surface area (Å²) < 4.78 is 3.75. The molecule has 108 valence electrons. The monoisotopic (exact) mass is 282 g/mol. The van der Waals surface area contributed by atoms with Crippen molar-refractivity contribution in [2.75, 3.05) is 18.0 Å². The zero-order chi connectivity index (χ0) is 14.4. The van der Waals surface area contributed by atoms with E-state index in [0.29, 0.717) is 0 Å². The van der Waals surface area contributed by atoms with Crippen LogP contribution >= 0.6 is 0 Å². The molecular weight excluding hydrogens is 264 g/mol. The van der Waals surface area contributed by atoms with Gasteiger partial charge in [-0.25, -0.2) is 4.52 Å². The van der Waals surface area contributed by atoms with Crippen LogP contribution in [0.5, 0.6) is 0 Å². The van der Waals surface area contributed by atoms with Crippen LogP contribution in [-0.2, 0) is 7.05 Å². The van der Waals surface area contributed by atoms with Crippen LogP contribution in [-0.4, -0.2) is 38.5 Å². The van der Waals surface area contributed by atoms with Gasteiger partial charge in [-0.05, 0) is 18.6 Å². The minimum Gasteiger partial charge on any atom is -0.368 e. The summed E-state index contributed by atoms with van der Waals surface area (Å²) in [4.78, 5) is 2.35. The van der Waals surface area contributed by atoms with Gasteiger partial charge in [-0.15, -0.1) is 0 Å². The molecule has 1 saturated heterocycles. The third-order valence-corrected chi connectivity index (χ3v) is 4.09. The third-order valence-electron chi connectivity index (χ3n) is 4.09. The summed E-state index contributed by atoms with van der Waals surface area (Å²) in [5.74, 6) is 0. The first-order valence-electron chi connectivity index (χ1n) is 7.17. The fourth-order valence-electron chi connectivity index (χ4n) is 3.00. The number of pyridine rings is 1. The summed E-state index contributed by atoms with van der Waals surface area (Å²) in [6, 6.07) is 4.52. The Bertz CT molecular complexity index is 786. The molecule has 2 N–H and O–H groups in total. The second kappa shape index (κ2) is 4.60. The molecule has 6 nitrogen and oxygen atoms in total. The largest absolute Gasteiger partial charge is 0.368 e. The Kier molecular flexibility index (Phi) is 2.71. The molecular formula is C15H18N6. The first kappa shape index (κ1) is 12.4. The maximum absolute atomic E-state index is 6.06. The maximum Gasteiger partial charge on any atom is 0.0895 e. The smallest absolute Gasteiger partial charge is 0.0895 e. The van der Waals surface area contributed by atoms with E-state index in [-0.39, 0.29) is 6.04 Å². The van der Waals surface area contributed by atoms with E-state index in [2.05, 4.69) is 21.2 Å². The van der Waals surface area contributed by atoms with Crippen LogP contribution in [0.25, 0.3) is 16.6 Å². The van der Waals surface area contributed by atoms with E-state index in [1.54, 1.807) is 0 Å². The number of rotatable bonds is 2. The minimum atomic E-state index is 0.259. The van der Waals surface area contributed by atoms with E-state index in [1.165, 1.54) is 5.69 Å². The van der Waals surface area contributed by atoms with Gasteiger partial charge in [-0.3, -0.25) is 4.68 Å². The lowest BCUT2D eigenvalue weighted by Gasteiger charge is -2.20. The number of hydrogen-bond donors (Lipinski definition) is 1. The fourth-order valence-corrected chi connectivity index (χ4v) is 3.00. The van der Waals surface area contributed by atoms with Crippen LogP contribution < -0.4 is 10.6 Å². The van der Waals surface area contributed by atoms with Gasteiger partial charge in [0.1, 0.15) is 0 Å². The van der Waals surface area contributed by atoms with Crippen LogP contribution in [0.3, 0.4) is 0 Å². The van der Waals surface area contributed by atoms with Gasteiger partial charge in [0.15, 0.2) is 0 Å². The van der Waals surface area contributed by atoms with E-state index in [4.69, 9.17) is 5.73 Å². The number of aromatic nitrogens is 4. The van der Waals surface area contributed by atoms with Crippen molar-refractivity contribution in [3.05, 3.63) is 36.9 Å². The predicted octanol–water partition coefficient (Wildman–Crippen LogP) is 1.27. The maximum atomic E-state index is 6.06. The predicted molar refractivity (Wildman–Crippen MR) is 82.2 cm³/mol. The summed E-state index contributed by atoms with van der Waals surface area (Å²) in [7, 11) is 1.93. The fraction of sp³-hybridized carbons (Fsp3) is 0.333. The molecule has 0 saturated carbocycles. The average molecular weight is 282 g/mol. The molecule has 0 unspecified atom stereocenters. The zero-order valence-corrected chi connectivity index (χ0v) is 12.0. The number of fused-ring (bicyclic) bond motifs is 1. The Hall–Kier alpha value is -2.34. The standard InChI is InChI=1S/C15H18N6/c1-19-8-12(7-18-19)11-6-15(20-5-3-13(16)10-20)14-2-4-17-21(14)9-11/h2,4,6-9,13H,3,5,10,16H2,1H3/t13-/m0/s1. The lowest BCUT2D eigenvalue weighted by Crippen LogP contribution is -2.26. The van der Waals surface area contributed by atoms with Gasteiger partial charge in [-0.2, -0.15) is 10.2 Å². The molecule has 1 atom stereocenters. The highest BCUT2D eigenvalue weighted by atomic mass is 15.3. The normalized spacial score (nSPS) is 18.8. The highest BCUT2D eigenvalue weighted by Gasteiger charge is 2.22. The Morgan fingerprint density at radius 2 is 2.14 bits per heavy atom. The molecule has 0 aliphatic carbocycles. The molecule has 4 heterocycles. The van der Waals surface area contributed by atoms with Crippen molar-refractivity contribution in [3.63, 3.8) is 0 Å². The quantitative estimate of drug-likeness (QED) is 0.769. The van der Waals surface area contributed by atoms with Gasteiger partial charge in [0.2, 0.25) is 0 Å². The first-order valence-corrected chi connectivity index (χ1v) is 7.17. The van der Waals surface area contributed by atoms with Gasteiger partial charge < -0.3 is 10.6 Å². The van der Waals surface area contributed by atoms with Crippen LogP contribution in [0.4, 0.5) is 5.69 Å². The zero-order valence-electron chi connectivity index (χ0n) is 12.0. The van der Waals surface area contributed by atoms with Gasteiger partial charge in [-0.1, -0.05) is 0 Å². The van der Waals surface area contributed by atoms with E-state index in [0.717, 1.165) is 36.2 Å².